The van der Waals surface area contributed by atoms with Crippen LogP contribution in [0.4, 0.5) is 0 Å². The van der Waals surface area contributed by atoms with Crippen LogP contribution in [-0.2, 0) is 13.3 Å². The highest BCUT2D eigenvalue weighted by Crippen LogP contribution is 2.27. The van der Waals surface area contributed by atoms with E-state index in [1.165, 1.54) is 0 Å². The first-order chi connectivity index (χ1) is 9.48. The molecule has 0 N–H and O–H groups in total. The fourth-order valence-electron chi connectivity index (χ4n) is 2.13. The second-order valence-electron chi connectivity index (χ2n) is 5.21. The summed E-state index contributed by atoms with van der Waals surface area (Å²) in [5.74, 6) is 0.418. The lowest BCUT2D eigenvalue weighted by Crippen LogP contribution is -2.48. The summed E-state index contributed by atoms with van der Waals surface area (Å²) >= 11 is 4.69. The first-order valence-electron chi connectivity index (χ1n) is 7.63. The van der Waals surface area contributed by atoms with Gasteiger partial charge in [0, 0.05) is 25.5 Å². The van der Waals surface area contributed by atoms with E-state index in [9.17, 15) is 0 Å². The van der Waals surface area contributed by atoms with Crippen LogP contribution in [0, 0.1) is 5.92 Å². The van der Waals surface area contributed by atoms with E-state index in [1.54, 1.807) is 14.2 Å². The molecule has 0 spiro atoms. The summed E-state index contributed by atoms with van der Waals surface area (Å²) in [6, 6.07) is 0.815. The molecule has 122 valence electrons. The molecule has 0 radical (unpaired) electrons. The Morgan fingerprint density at radius 2 is 1.65 bits per heavy atom. The van der Waals surface area contributed by atoms with Crippen molar-refractivity contribution < 1.29 is 13.3 Å². The number of nitrogens with zero attached hydrogens (tertiary/aromatic N) is 1. The van der Waals surface area contributed by atoms with Gasteiger partial charge in [-0.25, -0.2) is 0 Å². The zero-order chi connectivity index (χ0) is 15.6. The molecule has 4 nitrogen and oxygen atoms in total. The van der Waals surface area contributed by atoms with Gasteiger partial charge in [0.25, 0.3) is 0 Å². The lowest BCUT2D eigenvalue weighted by Gasteiger charge is -2.32. The average molecular weight is 324 g/mol. The van der Waals surface area contributed by atoms with Gasteiger partial charge in [-0.3, -0.25) is 4.90 Å². The van der Waals surface area contributed by atoms with Crippen LogP contribution in [0.15, 0.2) is 0 Å². The summed E-state index contributed by atoms with van der Waals surface area (Å²) in [7, 11) is 0.801. The van der Waals surface area contributed by atoms with Crippen LogP contribution < -0.4 is 0 Å². The molecule has 2 unspecified atom stereocenters. The molecule has 20 heavy (non-hydrogen) atoms. The Hall–Kier alpha value is 0.407. The van der Waals surface area contributed by atoms with E-state index in [1.807, 2.05) is 0 Å². The SMILES string of the molecule is CCCC(S)C(C)C[Si](OC)(OC)OCN(CC)CC. The normalized spacial score (nSPS) is 15.6. The first kappa shape index (κ1) is 20.4. The number of thiol groups is 1. The van der Waals surface area contributed by atoms with Crippen LogP contribution >= 0.6 is 12.6 Å². The van der Waals surface area contributed by atoms with Gasteiger partial charge in [-0.15, -0.1) is 0 Å². The second-order valence-corrected chi connectivity index (χ2v) is 8.75. The summed E-state index contributed by atoms with van der Waals surface area (Å²) in [6.45, 7) is 11.1. The van der Waals surface area contributed by atoms with Crippen molar-refractivity contribution in [1.82, 2.24) is 4.90 Å². The Morgan fingerprint density at radius 1 is 1.10 bits per heavy atom. The Labute approximate surface area is 131 Å². The molecule has 0 amide bonds. The van der Waals surface area contributed by atoms with Crippen LogP contribution in [0.5, 0.6) is 0 Å². The highest BCUT2D eigenvalue weighted by atomic mass is 32.1. The van der Waals surface area contributed by atoms with Gasteiger partial charge in [-0.1, -0.05) is 34.1 Å². The monoisotopic (exact) mass is 323 g/mol. The van der Waals surface area contributed by atoms with Gasteiger partial charge in [0.2, 0.25) is 0 Å². The summed E-state index contributed by atoms with van der Waals surface area (Å²) in [4.78, 5) is 2.22. The summed E-state index contributed by atoms with van der Waals surface area (Å²) < 4.78 is 17.4. The molecule has 6 heteroatoms. The Bertz CT molecular complexity index is 238. The fourth-order valence-corrected chi connectivity index (χ4v) is 5.00. The summed E-state index contributed by atoms with van der Waals surface area (Å²) in [5.41, 5.74) is 0. The van der Waals surface area contributed by atoms with Crippen molar-refractivity contribution in [2.24, 2.45) is 5.92 Å². The second kappa shape index (κ2) is 11.0. The minimum absolute atomic E-state index is 0.370. The zero-order valence-electron chi connectivity index (χ0n) is 14.0. The highest BCUT2D eigenvalue weighted by Gasteiger charge is 2.42. The third-order valence-corrected chi connectivity index (χ3v) is 7.52. The number of hydrogen-bond donors (Lipinski definition) is 1. The van der Waals surface area contributed by atoms with Crippen molar-refractivity contribution in [3.8, 4) is 0 Å². The van der Waals surface area contributed by atoms with Crippen LogP contribution in [0.3, 0.4) is 0 Å². The molecule has 0 rings (SSSR count). The maximum atomic E-state index is 6.06. The minimum Gasteiger partial charge on any atom is -0.377 e. The first-order valence-corrected chi connectivity index (χ1v) is 10.1. The van der Waals surface area contributed by atoms with E-state index in [-0.39, 0.29) is 0 Å². The van der Waals surface area contributed by atoms with E-state index in [4.69, 9.17) is 13.3 Å². The standard InChI is InChI=1S/C14H33NO3SSi/c1-7-10-14(19)13(4)11-20(16-5,17-6)18-12-15(8-2)9-3/h13-14,19H,7-12H2,1-6H3. The molecule has 0 aliphatic carbocycles. The number of rotatable bonds is 12. The quantitative estimate of drug-likeness (QED) is 0.339. The molecule has 0 aromatic carbocycles. The van der Waals surface area contributed by atoms with E-state index in [2.05, 4.69) is 45.2 Å². The van der Waals surface area contributed by atoms with Gasteiger partial charge in [-0.2, -0.15) is 12.6 Å². The zero-order valence-corrected chi connectivity index (χ0v) is 15.9. The van der Waals surface area contributed by atoms with Crippen LogP contribution in [0.2, 0.25) is 6.04 Å². The van der Waals surface area contributed by atoms with Gasteiger partial charge in [-0.05, 0) is 25.4 Å². The Balaban J connectivity index is 4.58. The molecule has 0 saturated carbocycles. The fraction of sp³-hybridized carbons (Fsp3) is 1.00. The smallest absolute Gasteiger partial charge is 0.377 e. The van der Waals surface area contributed by atoms with Crippen LogP contribution in [-0.4, -0.2) is 53.0 Å². The molecule has 0 heterocycles. The van der Waals surface area contributed by atoms with Crippen molar-refractivity contribution in [3.63, 3.8) is 0 Å². The third-order valence-electron chi connectivity index (χ3n) is 3.80. The van der Waals surface area contributed by atoms with Crippen molar-refractivity contribution in [2.45, 2.75) is 51.8 Å². The molecule has 0 aromatic rings. The van der Waals surface area contributed by atoms with Gasteiger partial charge in [0.15, 0.2) is 0 Å². The molecule has 0 aliphatic heterocycles. The van der Waals surface area contributed by atoms with E-state index < -0.39 is 8.80 Å². The lowest BCUT2D eigenvalue weighted by atomic mass is 10.1. The van der Waals surface area contributed by atoms with E-state index >= 15 is 0 Å². The predicted molar refractivity (Wildman–Crippen MR) is 90.3 cm³/mol. The molecule has 0 fully saturated rings. The van der Waals surface area contributed by atoms with Crippen molar-refractivity contribution in [3.05, 3.63) is 0 Å². The summed E-state index contributed by atoms with van der Waals surface area (Å²) in [6.07, 6.45) is 2.26. The van der Waals surface area contributed by atoms with Crippen LogP contribution in [0.1, 0.15) is 40.5 Å². The van der Waals surface area contributed by atoms with Crippen molar-refractivity contribution in [2.75, 3.05) is 34.0 Å². The maximum Gasteiger partial charge on any atom is 0.501 e. The maximum absolute atomic E-state index is 6.06. The Morgan fingerprint density at radius 3 is 2.05 bits per heavy atom. The van der Waals surface area contributed by atoms with Gasteiger partial charge in [0.1, 0.15) is 0 Å². The number of hydrogen-bond acceptors (Lipinski definition) is 5. The van der Waals surface area contributed by atoms with E-state index in [0.29, 0.717) is 17.9 Å². The summed E-state index contributed by atoms with van der Waals surface area (Å²) in [5, 5.41) is 0.370. The third kappa shape index (κ3) is 6.91. The minimum atomic E-state index is -2.58. The van der Waals surface area contributed by atoms with Gasteiger partial charge in [0.05, 0.1) is 6.73 Å². The molecular weight excluding hydrogens is 290 g/mol. The van der Waals surface area contributed by atoms with E-state index in [0.717, 1.165) is 32.0 Å². The van der Waals surface area contributed by atoms with Crippen molar-refractivity contribution in [1.29, 1.82) is 0 Å². The Kier molecular flexibility index (Phi) is 11.3. The average Bonchev–Trinajstić information content (AvgIpc) is 2.47. The van der Waals surface area contributed by atoms with Crippen molar-refractivity contribution >= 4 is 21.4 Å². The predicted octanol–water partition coefficient (Wildman–Crippen LogP) is 3.27. The molecular formula is C14H33NO3SSi. The largest absolute Gasteiger partial charge is 0.501 e. The van der Waals surface area contributed by atoms with Gasteiger partial charge < -0.3 is 13.3 Å². The molecule has 2 atom stereocenters. The topological polar surface area (TPSA) is 30.9 Å². The molecule has 0 bridgehead atoms. The van der Waals surface area contributed by atoms with Gasteiger partial charge >= 0.3 is 8.80 Å². The lowest BCUT2D eigenvalue weighted by molar-refractivity contribution is 0.0387. The molecule has 0 aromatic heterocycles. The molecule has 0 saturated heterocycles. The van der Waals surface area contributed by atoms with Crippen LogP contribution in [0.25, 0.3) is 0 Å². The molecule has 0 aliphatic rings. The highest BCUT2D eigenvalue weighted by molar-refractivity contribution is 7.81.